The number of nitrogens with zero attached hydrogens (tertiary/aromatic N) is 4. The van der Waals surface area contributed by atoms with Crippen LogP contribution in [-0.4, -0.2) is 52.0 Å². The first-order valence-electron chi connectivity index (χ1n) is 8.96. The third-order valence-electron chi connectivity index (χ3n) is 4.08. The molecule has 146 valence electrons. The third-order valence-corrected chi connectivity index (χ3v) is 5.05. The van der Waals surface area contributed by atoms with Gasteiger partial charge in [0.1, 0.15) is 0 Å². The van der Waals surface area contributed by atoms with Crippen LogP contribution in [0.25, 0.3) is 11.4 Å². The number of hydrogen-bond donors (Lipinski definition) is 2. The van der Waals surface area contributed by atoms with E-state index in [-0.39, 0.29) is 18.2 Å². The van der Waals surface area contributed by atoms with Gasteiger partial charge < -0.3 is 20.5 Å². The quantitative estimate of drug-likeness (QED) is 0.596. The van der Waals surface area contributed by atoms with Crippen molar-refractivity contribution >= 4 is 29.3 Å². The van der Waals surface area contributed by atoms with Crippen LogP contribution < -0.4 is 16.0 Å². The van der Waals surface area contributed by atoms with Crippen LogP contribution in [0, 0.1) is 0 Å². The number of rotatable bonds is 10. The molecule has 9 heteroatoms. The summed E-state index contributed by atoms with van der Waals surface area (Å²) in [6.07, 6.45) is 0. The fourth-order valence-electron chi connectivity index (χ4n) is 2.67. The maximum Gasteiger partial charge on any atom is 0.236 e. The second-order valence-electron chi connectivity index (χ2n) is 5.80. The molecule has 0 radical (unpaired) electrons. The summed E-state index contributed by atoms with van der Waals surface area (Å²) in [5, 5.41) is 11.6. The molecular weight excluding hydrogens is 364 g/mol. The number of aromatic nitrogens is 3. The van der Waals surface area contributed by atoms with E-state index < -0.39 is 5.91 Å². The van der Waals surface area contributed by atoms with E-state index in [1.807, 2.05) is 23.6 Å². The van der Waals surface area contributed by atoms with E-state index in [2.05, 4.69) is 46.4 Å². The summed E-state index contributed by atoms with van der Waals surface area (Å²) in [5.41, 5.74) is 7.17. The molecule has 2 aromatic rings. The number of nitrogens with two attached hydrogens (primary N) is 1. The van der Waals surface area contributed by atoms with Gasteiger partial charge in [0.25, 0.3) is 0 Å². The second kappa shape index (κ2) is 9.96. The fraction of sp³-hybridized carbons (Fsp3) is 0.444. The van der Waals surface area contributed by atoms with Crippen molar-refractivity contribution in [1.29, 1.82) is 0 Å². The summed E-state index contributed by atoms with van der Waals surface area (Å²) in [4.78, 5) is 24.7. The van der Waals surface area contributed by atoms with Gasteiger partial charge >= 0.3 is 0 Å². The Morgan fingerprint density at radius 3 is 2.37 bits per heavy atom. The molecule has 2 rings (SSSR count). The molecule has 2 amide bonds. The van der Waals surface area contributed by atoms with Crippen molar-refractivity contribution in [3.8, 4) is 11.4 Å². The average molecular weight is 391 g/mol. The summed E-state index contributed by atoms with van der Waals surface area (Å²) in [6, 6.07) is 8.25. The Morgan fingerprint density at radius 2 is 1.81 bits per heavy atom. The zero-order chi connectivity index (χ0) is 19.8. The Kier molecular flexibility index (Phi) is 7.66. The van der Waals surface area contributed by atoms with Crippen molar-refractivity contribution in [2.75, 3.05) is 30.3 Å². The highest BCUT2D eigenvalue weighted by Crippen LogP contribution is 2.26. The lowest BCUT2D eigenvalue weighted by Gasteiger charge is -2.21. The van der Waals surface area contributed by atoms with E-state index in [1.165, 1.54) is 17.4 Å². The smallest absolute Gasteiger partial charge is 0.236 e. The highest BCUT2D eigenvalue weighted by Gasteiger charge is 2.15. The molecule has 0 fully saturated rings. The van der Waals surface area contributed by atoms with Crippen LogP contribution in [0.15, 0.2) is 29.4 Å². The maximum absolute atomic E-state index is 11.8. The number of primary amides is 1. The van der Waals surface area contributed by atoms with Gasteiger partial charge in [-0.2, -0.15) is 0 Å². The summed E-state index contributed by atoms with van der Waals surface area (Å²) >= 11 is 1.28. The Morgan fingerprint density at radius 1 is 1.15 bits per heavy atom. The minimum atomic E-state index is -0.569. The maximum atomic E-state index is 11.8. The molecule has 3 N–H and O–H groups in total. The van der Waals surface area contributed by atoms with E-state index >= 15 is 0 Å². The zero-order valence-corrected chi connectivity index (χ0v) is 16.8. The highest BCUT2D eigenvalue weighted by molar-refractivity contribution is 7.99. The van der Waals surface area contributed by atoms with E-state index in [1.54, 1.807) is 0 Å². The molecule has 0 unspecified atom stereocenters. The molecule has 1 aromatic heterocycles. The lowest BCUT2D eigenvalue weighted by atomic mass is 10.2. The Bertz CT molecular complexity index is 771. The van der Waals surface area contributed by atoms with Crippen LogP contribution in [0.5, 0.6) is 0 Å². The largest absolute Gasteiger partial charge is 0.372 e. The Labute approximate surface area is 163 Å². The summed E-state index contributed by atoms with van der Waals surface area (Å²) in [7, 11) is 0. The van der Waals surface area contributed by atoms with Gasteiger partial charge in [-0.3, -0.25) is 9.59 Å². The molecule has 0 aliphatic rings. The number of thioether (sulfide) groups is 1. The van der Waals surface area contributed by atoms with Gasteiger partial charge in [0.2, 0.25) is 11.8 Å². The Hall–Kier alpha value is -2.55. The molecule has 0 bridgehead atoms. The van der Waals surface area contributed by atoms with Crippen molar-refractivity contribution in [3.63, 3.8) is 0 Å². The first-order valence-corrected chi connectivity index (χ1v) is 9.95. The van der Waals surface area contributed by atoms with Gasteiger partial charge in [-0.25, -0.2) is 0 Å². The summed E-state index contributed by atoms with van der Waals surface area (Å²) < 4.78 is 1.97. The minimum Gasteiger partial charge on any atom is -0.372 e. The van der Waals surface area contributed by atoms with Crippen LogP contribution in [0.3, 0.4) is 0 Å². The van der Waals surface area contributed by atoms with Crippen LogP contribution in [0.2, 0.25) is 0 Å². The number of carbonyl (C=O) groups excluding carboxylic acids is 2. The molecule has 8 nitrogen and oxygen atoms in total. The SMILES string of the molecule is CCN(CC)c1ccc(-c2nnc(SCC(=O)NCC(N)=O)n2CC)cc1. The topological polar surface area (TPSA) is 106 Å². The highest BCUT2D eigenvalue weighted by atomic mass is 32.2. The molecule has 0 saturated carbocycles. The van der Waals surface area contributed by atoms with Crippen LogP contribution in [0.1, 0.15) is 20.8 Å². The minimum absolute atomic E-state index is 0.145. The van der Waals surface area contributed by atoms with E-state index in [4.69, 9.17) is 5.73 Å². The lowest BCUT2D eigenvalue weighted by molar-refractivity contribution is -0.123. The molecule has 0 atom stereocenters. The number of nitrogens with one attached hydrogen (secondary N) is 1. The first kappa shape index (κ1) is 20.8. The summed E-state index contributed by atoms with van der Waals surface area (Å²) in [6.45, 7) is 8.71. The lowest BCUT2D eigenvalue weighted by Crippen LogP contribution is -2.34. The molecule has 0 aliphatic carbocycles. The molecule has 0 spiro atoms. The van der Waals surface area contributed by atoms with Gasteiger partial charge in [0.15, 0.2) is 11.0 Å². The van der Waals surface area contributed by atoms with Crippen molar-refractivity contribution in [3.05, 3.63) is 24.3 Å². The molecule has 0 saturated heterocycles. The number of carbonyl (C=O) groups is 2. The van der Waals surface area contributed by atoms with E-state index in [0.717, 1.165) is 24.5 Å². The van der Waals surface area contributed by atoms with Crippen LogP contribution in [0.4, 0.5) is 5.69 Å². The van der Waals surface area contributed by atoms with Gasteiger partial charge in [0, 0.05) is 30.9 Å². The van der Waals surface area contributed by atoms with Crippen LogP contribution >= 0.6 is 11.8 Å². The normalized spacial score (nSPS) is 10.6. The number of amides is 2. The first-order chi connectivity index (χ1) is 13.0. The number of benzene rings is 1. The molecular formula is C18H26N6O2S. The second-order valence-corrected chi connectivity index (χ2v) is 6.74. The fourth-order valence-corrected chi connectivity index (χ4v) is 3.50. The summed E-state index contributed by atoms with van der Waals surface area (Å²) in [5.74, 6) is 0.0745. The molecule has 1 heterocycles. The third kappa shape index (κ3) is 5.46. The standard InChI is InChI=1S/C18H26N6O2S/c1-4-23(5-2)14-9-7-13(8-10-14)17-21-22-18(24(17)6-3)27-12-16(26)20-11-15(19)25/h7-10H,4-6,11-12H2,1-3H3,(H2,19,25)(H,20,26). The molecule has 1 aromatic carbocycles. The Balaban J connectivity index is 2.10. The van der Waals surface area contributed by atoms with Crippen molar-refractivity contribution in [2.45, 2.75) is 32.5 Å². The van der Waals surface area contributed by atoms with E-state index in [9.17, 15) is 9.59 Å². The van der Waals surface area contributed by atoms with Crippen molar-refractivity contribution < 1.29 is 9.59 Å². The van der Waals surface area contributed by atoms with E-state index in [0.29, 0.717) is 11.7 Å². The van der Waals surface area contributed by atoms with Gasteiger partial charge in [0.05, 0.1) is 12.3 Å². The van der Waals surface area contributed by atoms with Crippen molar-refractivity contribution in [2.24, 2.45) is 5.73 Å². The predicted molar refractivity (Wildman–Crippen MR) is 108 cm³/mol. The van der Waals surface area contributed by atoms with Gasteiger partial charge in [-0.15, -0.1) is 10.2 Å². The zero-order valence-electron chi connectivity index (χ0n) is 15.9. The number of anilines is 1. The van der Waals surface area contributed by atoms with Gasteiger partial charge in [-0.05, 0) is 45.0 Å². The average Bonchev–Trinajstić information content (AvgIpc) is 3.09. The predicted octanol–water partition coefficient (Wildman–Crippen LogP) is 1.50. The molecule has 0 aliphatic heterocycles. The molecule has 27 heavy (non-hydrogen) atoms. The monoisotopic (exact) mass is 390 g/mol. The van der Waals surface area contributed by atoms with Gasteiger partial charge in [-0.1, -0.05) is 11.8 Å². The van der Waals surface area contributed by atoms with Crippen LogP contribution in [-0.2, 0) is 16.1 Å². The number of hydrogen-bond acceptors (Lipinski definition) is 6. The van der Waals surface area contributed by atoms with Crippen molar-refractivity contribution in [1.82, 2.24) is 20.1 Å².